The van der Waals surface area contributed by atoms with Crippen LogP contribution in [0.5, 0.6) is 5.88 Å². The highest BCUT2D eigenvalue weighted by Gasteiger charge is 2.33. The van der Waals surface area contributed by atoms with Crippen LogP contribution in [0.25, 0.3) is 10.2 Å². The van der Waals surface area contributed by atoms with Crippen molar-refractivity contribution in [3.63, 3.8) is 0 Å². The third kappa shape index (κ3) is 2.92. The van der Waals surface area contributed by atoms with Gasteiger partial charge in [0.05, 0.1) is 5.56 Å². The molecular weight excluding hydrogens is 342 g/mol. The van der Waals surface area contributed by atoms with Crippen molar-refractivity contribution in [2.45, 2.75) is 38.0 Å². The summed E-state index contributed by atoms with van der Waals surface area (Å²) in [6.45, 7) is 2.23. The molecule has 0 saturated carbocycles. The number of hydrogen-bond donors (Lipinski definition) is 3. The van der Waals surface area contributed by atoms with Gasteiger partial charge in [0, 0.05) is 31.1 Å². The standard InChI is InChI=1S/C16H21N5O3S/c17-16-18-12-10(8-25-13(12)14(23)19-16)15(24)20-6-3-9(4-7-20)21-5-1-2-11(21)22/h8-9,11,22H,1-7H2,(H3,17,18,19,23). The van der Waals surface area contributed by atoms with E-state index in [0.29, 0.717) is 34.9 Å². The Labute approximate surface area is 148 Å². The maximum absolute atomic E-state index is 12.9. The summed E-state index contributed by atoms with van der Waals surface area (Å²) in [4.78, 5) is 24.7. The molecule has 0 bridgehead atoms. The van der Waals surface area contributed by atoms with E-state index in [0.717, 1.165) is 32.2 Å². The molecule has 134 valence electrons. The number of amides is 1. The molecule has 0 aromatic carbocycles. The first kappa shape index (κ1) is 16.5. The van der Waals surface area contributed by atoms with E-state index in [1.54, 1.807) is 5.38 Å². The fourth-order valence-corrected chi connectivity index (χ4v) is 4.71. The van der Waals surface area contributed by atoms with Crippen LogP contribution < -0.4 is 5.73 Å². The summed E-state index contributed by atoms with van der Waals surface area (Å²) in [5.74, 6) is -0.323. The van der Waals surface area contributed by atoms with Gasteiger partial charge in [-0.05, 0) is 25.7 Å². The number of nitrogens with two attached hydrogens (primary N) is 1. The van der Waals surface area contributed by atoms with Crippen molar-refractivity contribution in [1.29, 1.82) is 0 Å². The number of carbonyl (C=O) groups excluding carboxylic acids is 1. The molecule has 9 heteroatoms. The number of nitrogens with zero attached hydrogens (tertiary/aromatic N) is 4. The molecule has 2 aliphatic heterocycles. The van der Waals surface area contributed by atoms with Crippen molar-refractivity contribution >= 4 is 33.4 Å². The molecule has 1 unspecified atom stereocenters. The van der Waals surface area contributed by atoms with Crippen molar-refractivity contribution in [1.82, 2.24) is 19.8 Å². The summed E-state index contributed by atoms with van der Waals surface area (Å²) < 4.78 is 0.479. The number of aromatic hydroxyl groups is 1. The van der Waals surface area contributed by atoms with Crippen LogP contribution in [0.3, 0.4) is 0 Å². The third-order valence-electron chi connectivity index (χ3n) is 5.13. The zero-order valence-corrected chi connectivity index (χ0v) is 14.6. The van der Waals surface area contributed by atoms with E-state index in [-0.39, 0.29) is 24.0 Å². The molecule has 2 saturated heterocycles. The van der Waals surface area contributed by atoms with E-state index in [1.807, 2.05) is 4.90 Å². The maximum Gasteiger partial charge on any atom is 0.256 e. The molecule has 2 aromatic heterocycles. The van der Waals surface area contributed by atoms with Gasteiger partial charge in [0.2, 0.25) is 11.8 Å². The third-order valence-corrected chi connectivity index (χ3v) is 6.09. The molecule has 25 heavy (non-hydrogen) atoms. The van der Waals surface area contributed by atoms with E-state index in [2.05, 4.69) is 14.9 Å². The average Bonchev–Trinajstić information content (AvgIpc) is 3.21. The minimum atomic E-state index is -0.337. The minimum absolute atomic E-state index is 0.0424. The second-order valence-electron chi connectivity index (χ2n) is 6.62. The van der Waals surface area contributed by atoms with Gasteiger partial charge in [-0.1, -0.05) is 0 Å². The van der Waals surface area contributed by atoms with Crippen LogP contribution in [0.15, 0.2) is 5.38 Å². The van der Waals surface area contributed by atoms with E-state index < -0.39 is 0 Å². The maximum atomic E-state index is 12.9. The molecule has 4 rings (SSSR count). The largest absolute Gasteiger partial charge is 0.492 e. The smallest absolute Gasteiger partial charge is 0.256 e. The Morgan fingerprint density at radius 2 is 2.00 bits per heavy atom. The second kappa shape index (κ2) is 6.40. The normalized spacial score (nSPS) is 22.8. The summed E-state index contributed by atoms with van der Waals surface area (Å²) in [6.07, 6.45) is 3.24. The lowest BCUT2D eigenvalue weighted by atomic mass is 10.0. The second-order valence-corrected chi connectivity index (χ2v) is 7.50. The van der Waals surface area contributed by atoms with Gasteiger partial charge in [-0.15, -0.1) is 11.3 Å². The van der Waals surface area contributed by atoms with Gasteiger partial charge in [-0.25, -0.2) is 4.98 Å². The Morgan fingerprint density at radius 3 is 2.68 bits per heavy atom. The number of hydrogen-bond acceptors (Lipinski definition) is 8. The first-order valence-corrected chi connectivity index (χ1v) is 9.39. The highest BCUT2D eigenvalue weighted by Crippen LogP contribution is 2.32. The molecule has 0 spiro atoms. The van der Waals surface area contributed by atoms with Crippen molar-refractivity contribution in [2.24, 2.45) is 0 Å². The Hall–Kier alpha value is -1.97. The molecule has 8 nitrogen and oxygen atoms in total. The van der Waals surface area contributed by atoms with Gasteiger partial charge in [0.1, 0.15) is 16.4 Å². The summed E-state index contributed by atoms with van der Waals surface area (Å²) >= 11 is 1.24. The topological polar surface area (TPSA) is 116 Å². The van der Waals surface area contributed by atoms with Gasteiger partial charge >= 0.3 is 0 Å². The summed E-state index contributed by atoms with van der Waals surface area (Å²) in [5, 5.41) is 21.6. The fraction of sp³-hybridized carbons (Fsp3) is 0.562. The Morgan fingerprint density at radius 1 is 1.24 bits per heavy atom. The van der Waals surface area contributed by atoms with Crippen molar-refractivity contribution in [3.05, 3.63) is 10.9 Å². The van der Waals surface area contributed by atoms with Gasteiger partial charge in [0.15, 0.2) is 0 Å². The number of aliphatic hydroxyl groups is 1. The van der Waals surface area contributed by atoms with Crippen LogP contribution >= 0.6 is 11.3 Å². The van der Waals surface area contributed by atoms with Crippen molar-refractivity contribution in [2.75, 3.05) is 25.4 Å². The number of fused-ring (bicyclic) bond motifs is 1. The average molecular weight is 363 g/mol. The van der Waals surface area contributed by atoms with Gasteiger partial charge in [-0.3, -0.25) is 9.69 Å². The molecule has 0 radical (unpaired) electrons. The van der Waals surface area contributed by atoms with E-state index in [4.69, 9.17) is 5.73 Å². The van der Waals surface area contributed by atoms with Crippen LogP contribution in [0.4, 0.5) is 5.95 Å². The predicted molar refractivity (Wildman–Crippen MR) is 94.4 cm³/mol. The SMILES string of the molecule is Nc1nc(O)c2scc(C(=O)N3CCC(N4CCCC4O)CC3)c2n1. The van der Waals surface area contributed by atoms with Gasteiger partial charge < -0.3 is 20.8 Å². The number of nitrogen functional groups attached to an aromatic ring is 1. The first-order chi connectivity index (χ1) is 12.0. The van der Waals surface area contributed by atoms with Crippen LogP contribution in [-0.2, 0) is 0 Å². The minimum Gasteiger partial charge on any atom is -0.492 e. The summed E-state index contributed by atoms with van der Waals surface area (Å²) in [5.41, 5.74) is 6.48. The number of aliphatic hydroxyl groups excluding tert-OH is 1. The number of likely N-dealkylation sites (tertiary alicyclic amines) is 2. The molecule has 2 fully saturated rings. The van der Waals surface area contributed by atoms with Crippen molar-refractivity contribution < 1.29 is 15.0 Å². The van der Waals surface area contributed by atoms with E-state index in [1.165, 1.54) is 11.3 Å². The quantitative estimate of drug-likeness (QED) is 0.729. The molecule has 4 heterocycles. The Bertz CT molecular complexity index is 802. The van der Waals surface area contributed by atoms with Crippen molar-refractivity contribution in [3.8, 4) is 5.88 Å². The van der Waals surface area contributed by atoms with Crippen LogP contribution in [0.1, 0.15) is 36.0 Å². The molecule has 1 atom stereocenters. The lowest BCUT2D eigenvalue weighted by molar-refractivity contribution is -0.00927. The molecule has 0 aliphatic carbocycles. The van der Waals surface area contributed by atoms with Crippen LogP contribution in [0.2, 0.25) is 0 Å². The number of rotatable bonds is 2. The summed E-state index contributed by atoms with van der Waals surface area (Å²) in [6, 6.07) is 0.336. The van der Waals surface area contributed by atoms with Crippen LogP contribution in [0, 0.1) is 0 Å². The lowest BCUT2D eigenvalue weighted by Gasteiger charge is -2.38. The van der Waals surface area contributed by atoms with E-state index in [9.17, 15) is 15.0 Å². The van der Waals surface area contributed by atoms with E-state index >= 15 is 0 Å². The molecule has 2 aliphatic rings. The number of anilines is 1. The molecule has 1 amide bonds. The molecule has 2 aromatic rings. The first-order valence-electron chi connectivity index (χ1n) is 8.51. The number of thiophene rings is 1. The monoisotopic (exact) mass is 363 g/mol. The highest BCUT2D eigenvalue weighted by atomic mass is 32.1. The predicted octanol–water partition coefficient (Wildman–Crippen LogP) is 0.998. The fourth-order valence-electron chi connectivity index (χ4n) is 3.84. The van der Waals surface area contributed by atoms with Crippen LogP contribution in [-0.4, -0.2) is 67.8 Å². The Kier molecular flexibility index (Phi) is 4.22. The number of piperidine rings is 1. The zero-order chi connectivity index (χ0) is 17.6. The number of aromatic nitrogens is 2. The number of carbonyl (C=O) groups is 1. The summed E-state index contributed by atoms with van der Waals surface area (Å²) in [7, 11) is 0. The molecule has 4 N–H and O–H groups in total. The van der Waals surface area contributed by atoms with Gasteiger partial charge in [-0.2, -0.15) is 4.98 Å². The Balaban J connectivity index is 1.49. The lowest BCUT2D eigenvalue weighted by Crippen LogP contribution is -2.48. The zero-order valence-electron chi connectivity index (χ0n) is 13.8. The van der Waals surface area contributed by atoms with Gasteiger partial charge in [0.25, 0.3) is 5.91 Å². The molecular formula is C16H21N5O3S. The highest BCUT2D eigenvalue weighted by molar-refractivity contribution is 7.17.